The number of sulfonamides is 1. The van der Waals surface area contributed by atoms with Crippen LogP contribution in [0.2, 0.25) is 0 Å². The smallest absolute Gasteiger partial charge is 0.243 e. The molecule has 5 nitrogen and oxygen atoms in total. The summed E-state index contributed by atoms with van der Waals surface area (Å²) in [5.41, 5.74) is 5.50. The van der Waals surface area contributed by atoms with Gasteiger partial charge in [0.15, 0.2) is 0 Å². The molecule has 0 aliphatic heterocycles. The van der Waals surface area contributed by atoms with Gasteiger partial charge in [-0.05, 0) is 25.0 Å². The Morgan fingerprint density at radius 2 is 2.00 bits per heavy atom. The number of aliphatic hydroxyl groups excluding tert-OH is 1. The molecule has 0 unspecified atom stereocenters. The second-order valence-corrected chi connectivity index (χ2v) is 7.06. The highest BCUT2D eigenvalue weighted by Crippen LogP contribution is 2.30. The maximum absolute atomic E-state index is 13.8. The first-order chi connectivity index (χ1) is 10.0. The Labute approximate surface area is 124 Å². The first kappa shape index (κ1) is 16.4. The Morgan fingerprint density at radius 1 is 1.33 bits per heavy atom. The highest BCUT2D eigenvalue weighted by atomic mass is 32.2. The normalized spacial score (nSPS) is 16.8. The van der Waals surface area contributed by atoms with Gasteiger partial charge < -0.3 is 10.8 Å². The van der Waals surface area contributed by atoms with Crippen molar-refractivity contribution >= 4 is 10.0 Å². The lowest BCUT2D eigenvalue weighted by atomic mass is 10.2. The van der Waals surface area contributed by atoms with Crippen LogP contribution in [-0.2, 0) is 16.6 Å². The molecule has 0 heterocycles. The van der Waals surface area contributed by atoms with Crippen LogP contribution in [-0.4, -0.2) is 37.0 Å². The summed E-state index contributed by atoms with van der Waals surface area (Å²) in [6.07, 6.45) is 3.48. The highest BCUT2D eigenvalue weighted by Gasteiger charge is 2.34. The predicted molar refractivity (Wildman–Crippen MR) is 77.5 cm³/mol. The Morgan fingerprint density at radius 3 is 2.57 bits per heavy atom. The minimum absolute atomic E-state index is 0.00145. The van der Waals surface area contributed by atoms with Crippen molar-refractivity contribution < 1.29 is 17.9 Å². The standard InChI is InChI=1S/C14H21FN2O3S/c15-13-6-3-7-14(12(13)10-16)21(19,20)17(8-9-18)11-4-1-2-5-11/h3,6-7,11,18H,1-2,4-5,8-10,16H2. The molecule has 21 heavy (non-hydrogen) atoms. The quantitative estimate of drug-likeness (QED) is 0.826. The zero-order valence-electron chi connectivity index (χ0n) is 11.8. The molecular formula is C14H21FN2O3S. The van der Waals surface area contributed by atoms with Crippen molar-refractivity contribution in [2.75, 3.05) is 13.2 Å². The van der Waals surface area contributed by atoms with Gasteiger partial charge in [0.2, 0.25) is 10.0 Å². The third-order valence-electron chi connectivity index (χ3n) is 3.92. The molecule has 0 amide bonds. The molecule has 118 valence electrons. The van der Waals surface area contributed by atoms with Crippen molar-refractivity contribution in [2.24, 2.45) is 5.73 Å². The van der Waals surface area contributed by atoms with E-state index in [4.69, 9.17) is 5.73 Å². The van der Waals surface area contributed by atoms with Crippen LogP contribution in [0.25, 0.3) is 0 Å². The lowest BCUT2D eigenvalue weighted by Crippen LogP contribution is -2.41. The van der Waals surface area contributed by atoms with Gasteiger partial charge in [-0.2, -0.15) is 4.31 Å². The van der Waals surface area contributed by atoms with E-state index in [0.717, 1.165) is 25.7 Å². The van der Waals surface area contributed by atoms with Crippen molar-refractivity contribution in [3.05, 3.63) is 29.6 Å². The molecule has 2 rings (SSSR count). The molecule has 0 saturated heterocycles. The average Bonchev–Trinajstić information content (AvgIpc) is 2.98. The molecule has 3 N–H and O–H groups in total. The molecule has 0 spiro atoms. The van der Waals surface area contributed by atoms with E-state index in [1.165, 1.54) is 22.5 Å². The zero-order valence-corrected chi connectivity index (χ0v) is 12.7. The molecule has 1 aliphatic carbocycles. The van der Waals surface area contributed by atoms with Crippen LogP contribution >= 0.6 is 0 Å². The first-order valence-electron chi connectivity index (χ1n) is 7.12. The van der Waals surface area contributed by atoms with Gasteiger partial charge in [0.05, 0.1) is 11.5 Å². The fourth-order valence-electron chi connectivity index (χ4n) is 2.89. The molecule has 0 aromatic heterocycles. The molecule has 1 saturated carbocycles. The van der Waals surface area contributed by atoms with Crippen LogP contribution < -0.4 is 5.73 Å². The minimum atomic E-state index is -3.86. The number of hydrogen-bond acceptors (Lipinski definition) is 4. The summed E-state index contributed by atoms with van der Waals surface area (Å²) in [4.78, 5) is -0.0923. The summed E-state index contributed by atoms with van der Waals surface area (Å²) in [5.74, 6) is -0.617. The van der Waals surface area contributed by atoms with E-state index in [1.807, 2.05) is 0 Å². The monoisotopic (exact) mass is 316 g/mol. The molecule has 0 radical (unpaired) electrons. The summed E-state index contributed by atoms with van der Waals surface area (Å²) in [6.45, 7) is -0.421. The number of nitrogens with zero attached hydrogens (tertiary/aromatic N) is 1. The van der Waals surface area contributed by atoms with Crippen molar-refractivity contribution in [1.29, 1.82) is 0 Å². The van der Waals surface area contributed by atoms with Gasteiger partial charge in [-0.15, -0.1) is 0 Å². The largest absolute Gasteiger partial charge is 0.395 e. The first-order valence-corrected chi connectivity index (χ1v) is 8.56. The summed E-state index contributed by atoms with van der Waals surface area (Å²) >= 11 is 0. The molecule has 1 aliphatic rings. The van der Waals surface area contributed by atoms with Crippen LogP contribution in [0.15, 0.2) is 23.1 Å². The number of rotatable bonds is 6. The number of hydrogen-bond donors (Lipinski definition) is 2. The minimum Gasteiger partial charge on any atom is -0.395 e. The van der Waals surface area contributed by atoms with Crippen molar-refractivity contribution in [3.8, 4) is 0 Å². The van der Waals surface area contributed by atoms with Gasteiger partial charge in [-0.25, -0.2) is 12.8 Å². The Hall–Kier alpha value is -1.02. The molecular weight excluding hydrogens is 295 g/mol. The highest BCUT2D eigenvalue weighted by molar-refractivity contribution is 7.89. The van der Waals surface area contributed by atoms with Crippen LogP contribution in [0.1, 0.15) is 31.2 Å². The molecule has 0 bridgehead atoms. The van der Waals surface area contributed by atoms with E-state index in [1.54, 1.807) is 0 Å². The van der Waals surface area contributed by atoms with Gasteiger partial charge in [0.1, 0.15) is 5.82 Å². The fourth-order valence-corrected chi connectivity index (χ4v) is 4.82. The number of benzene rings is 1. The molecule has 7 heteroatoms. The van der Waals surface area contributed by atoms with E-state index in [9.17, 15) is 17.9 Å². The molecule has 1 fully saturated rings. The summed E-state index contributed by atoms with van der Waals surface area (Å²) in [6, 6.07) is 3.82. The lowest BCUT2D eigenvalue weighted by molar-refractivity contribution is 0.226. The number of halogens is 1. The Balaban J connectivity index is 2.45. The van der Waals surface area contributed by atoms with Crippen LogP contribution in [0.4, 0.5) is 4.39 Å². The van der Waals surface area contributed by atoms with Crippen LogP contribution in [0.3, 0.4) is 0 Å². The van der Waals surface area contributed by atoms with Gasteiger partial charge in [0.25, 0.3) is 0 Å². The van der Waals surface area contributed by atoms with Crippen LogP contribution in [0, 0.1) is 5.82 Å². The predicted octanol–water partition coefficient (Wildman–Crippen LogP) is 1.21. The Kier molecular flexibility index (Phi) is 5.32. The summed E-state index contributed by atoms with van der Waals surface area (Å²) in [7, 11) is -3.86. The number of nitrogens with two attached hydrogens (primary N) is 1. The van der Waals surface area contributed by atoms with E-state index in [2.05, 4.69) is 0 Å². The van der Waals surface area contributed by atoms with E-state index in [-0.39, 0.29) is 36.2 Å². The maximum atomic E-state index is 13.8. The lowest BCUT2D eigenvalue weighted by Gasteiger charge is -2.28. The van der Waals surface area contributed by atoms with Crippen molar-refractivity contribution in [2.45, 2.75) is 43.2 Å². The zero-order chi connectivity index (χ0) is 15.5. The van der Waals surface area contributed by atoms with Gasteiger partial charge in [0, 0.05) is 24.7 Å². The van der Waals surface area contributed by atoms with E-state index >= 15 is 0 Å². The third kappa shape index (κ3) is 3.26. The van der Waals surface area contributed by atoms with E-state index in [0.29, 0.717) is 0 Å². The maximum Gasteiger partial charge on any atom is 0.243 e. The summed E-state index contributed by atoms with van der Waals surface area (Å²) in [5, 5.41) is 9.18. The number of aliphatic hydroxyl groups is 1. The van der Waals surface area contributed by atoms with Gasteiger partial charge in [-0.1, -0.05) is 18.9 Å². The SMILES string of the molecule is NCc1c(F)cccc1S(=O)(=O)N(CCO)C1CCCC1. The third-order valence-corrected chi connectivity index (χ3v) is 5.96. The molecule has 0 atom stereocenters. The van der Waals surface area contributed by atoms with Crippen molar-refractivity contribution in [1.82, 2.24) is 4.31 Å². The molecule has 1 aromatic rings. The van der Waals surface area contributed by atoms with Gasteiger partial charge in [-0.3, -0.25) is 0 Å². The van der Waals surface area contributed by atoms with Crippen LogP contribution in [0.5, 0.6) is 0 Å². The van der Waals surface area contributed by atoms with Crippen molar-refractivity contribution in [3.63, 3.8) is 0 Å². The van der Waals surface area contributed by atoms with E-state index < -0.39 is 15.8 Å². The molecule has 1 aromatic carbocycles. The Bertz CT molecular complexity index is 586. The summed E-state index contributed by atoms with van der Waals surface area (Å²) < 4.78 is 40.8. The second kappa shape index (κ2) is 6.83. The van der Waals surface area contributed by atoms with Gasteiger partial charge >= 0.3 is 0 Å². The average molecular weight is 316 g/mol. The fraction of sp³-hybridized carbons (Fsp3) is 0.571. The second-order valence-electron chi connectivity index (χ2n) is 5.20. The topological polar surface area (TPSA) is 83.6 Å².